The number of amides is 1. The third kappa shape index (κ3) is 6.37. The largest absolute Gasteiger partial charge is 0.491 e. The minimum atomic E-state index is -0.186. The number of benzene rings is 2. The first kappa shape index (κ1) is 18.6. The molecule has 0 aliphatic carbocycles. The molecule has 5 heteroatoms. The number of ether oxygens (including phenoxy) is 3. The van der Waals surface area contributed by atoms with Crippen LogP contribution in [0.25, 0.3) is 0 Å². The van der Waals surface area contributed by atoms with E-state index in [9.17, 15) is 4.79 Å². The molecule has 2 aromatic carbocycles. The minimum Gasteiger partial charge on any atom is -0.491 e. The van der Waals surface area contributed by atoms with Crippen LogP contribution in [-0.4, -0.2) is 25.2 Å². The van der Waals surface area contributed by atoms with Crippen molar-refractivity contribution in [2.45, 2.75) is 33.4 Å². The van der Waals surface area contributed by atoms with Gasteiger partial charge in [-0.15, -0.1) is 0 Å². The average Bonchev–Trinajstić information content (AvgIpc) is 2.60. The Morgan fingerprint density at radius 3 is 2.24 bits per heavy atom. The summed E-state index contributed by atoms with van der Waals surface area (Å²) in [6.45, 7) is 6.80. The van der Waals surface area contributed by atoms with Crippen LogP contribution in [-0.2, 0) is 11.3 Å². The van der Waals surface area contributed by atoms with Crippen molar-refractivity contribution in [2.75, 3.05) is 13.2 Å². The van der Waals surface area contributed by atoms with E-state index in [2.05, 4.69) is 5.32 Å². The fourth-order valence-electron chi connectivity index (χ4n) is 2.20. The summed E-state index contributed by atoms with van der Waals surface area (Å²) in [5.74, 6) is 1.84. The minimum absolute atomic E-state index is 0.0569. The molecule has 0 atom stereocenters. The van der Waals surface area contributed by atoms with E-state index >= 15 is 0 Å². The smallest absolute Gasteiger partial charge is 0.258 e. The SMILES string of the molecule is CCOc1ccccc1OCC(=O)NCc1ccc(OC(C)C)cc1. The molecule has 134 valence electrons. The Bertz CT molecular complexity index is 668. The number of carbonyl (C=O) groups excluding carboxylic acids is 1. The van der Waals surface area contributed by atoms with Crippen molar-refractivity contribution in [3.63, 3.8) is 0 Å². The van der Waals surface area contributed by atoms with Gasteiger partial charge in [0.1, 0.15) is 5.75 Å². The Kier molecular flexibility index (Phi) is 7.14. The van der Waals surface area contributed by atoms with Crippen molar-refractivity contribution in [3.05, 3.63) is 54.1 Å². The molecule has 0 bridgehead atoms. The average molecular weight is 343 g/mol. The van der Waals surface area contributed by atoms with Crippen LogP contribution in [0.15, 0.2) is 48.5 Å². The molecule has 0 spiro atoms. The highest BCUT2D eigenvalue weighted by Crippen LogP contribution is 2.26. The zero-order valence-electron chi connectivity index (χ0n) is 15.0. The van der Waals surface area contributed by atoms with Crippen LogP contribution in [0, 0.1) is 0 Å². The highest BCUT2D eigenvalue weighted by atomic mass is 16.5. The van der Waals surface area contributed by atoms with Gasteiger partial charge in [0.2, 0.25) is 0 Å². The fourth-order valence-corrected chi connectivity index (χ4v) is 2.20. The summed E-state index contributed by atoms with van der Waals surface area (Å²) in [5, 5.41) is 2.84. The zero-order valence-corrected chi connectivity index (χ0v) is 15.0. The summed E-state index contributed by atoms with van der Waals surface area (Å²) >= 11 is 0. The van der Waals surface area contributed by atoms with Crippen molar-refractivity contribution < 1.29 is 19.0 Å². The van der Waals surface area contributed by atoms with Crippen molar-refractivity contribution in [3.8, 4) is 17.2 Å². The monoisotopic (exact) mass is 343 g/mol. The summed E-state index contributed by atoms with van der Waals surface area (Å²) in [5.41, 5.74) is 0.999. The second-order valence-corrected chi connectivity index (χ2v) is 5.76. The van der Waals surface area contributed by atoms with Crippen LogP contribution in [0.5, 0.6) is 17.2 Å². The molecule has 2 aromatic rings. The van der Waals surface area contributed by atoms with E-state index in [1.807, 2.05) is 63.2 Å². The molecule has 1 N–H and O–H groups in total. The maximum absolute atomic E-state index is 12.0. The summed E-state index contributed by atoms with van der Waals surface area (Å²) in [7, 11) is 0. The predicted octanol–water partition coefficient (Wildman–Crippen LogP) is 3.57. The van der Waals surface area contributed by atoms with Gasteiger partial charge in [0, 0.05) is 6.54 Å². The molecular formula is C20H25NO4. The molecule has 0 aliphatic rings. The van der Waals surface area contributed by atoms with Gasteiger partial charge in [-0.3, -0.25) is 4.79 Å². The first-order valence-corrected chi connectivity index (χ1v) is 8.45. The molecular weight excluding hydrogens is 318 g/mol. The van der Waals surface area contributed by atoms with Crippen molar-refractivity contribution in [2.24, 2.45) is 0 Å². The molecule has 25 heavy (non-hydrogen) atoms. The van der Waals surface area contributed by atoms with E-state index in [0.717, 1.165) is 11.3 Å². The Labute approximate surface area is 148 Å². The van der Waals surface area contributed by atoms with Crippen molar-refractivity contribution >= 4 is 5.91 Å². The summed E-state index contributed by atoms with van der Waals surface area (Å²) in [6, 6.07) is 15.0. The normalized spacial score (nSPS) is 10.4. The van der Waals surface area contributed by atoms with Gasteiger partial charge in [-0.25, -0.2) is 0 Å². The molecule has 2 rings (SSSR count). The Morgan fingerprint density at radius 1 is 1.00 bits per heavy atom. The molecule has 5 nitrogen and oxygen atoms in total. The first-order chi connectivity index (χ1) is 12.1. The van der Waals surface area contributed by atoms with Gasteiger partial charge in [0.15, 0.2) is 18.1 Å². The molecule has 0 saturated carbocycles. The van der Waals surface area contributed by atoms with Crippen LogP contribution in [0.4, 0.5) is 0 Å². The van der Waals surface area contributed by atoms with Gasteiger partial charge in [0.25, 0.3) is 5.91 Å². The summed E-state index contributed by atoms with van der Waals surface area (Å²) < 4.78 is 16.6. The van der Waals surface area contributed by atoms with Gasteiger partial charge in [-0.05, 0) is 50.6 Å². The lowest BCUT2D eigenvalue weighted by atomic mass is 10.2. The number of carbonyl (C=O) groups is 1. The molecule has 0 aliphatic heterocycles. The summed E-state index contributed by atoms with van der Waals surface area (Å²) in [6.07, 6.45) is 0.141. The number of para-hydroxylation sites is 2. The quantitative estimate of drug-likeness (QED) is 0.756. The number of hydrogen-bond donors (Lipinski definition) is 1. The molecule has 0 radical (unpaired) electrons. The van der Waals surface area contributed by atoms with Crippen LogP contribution in [0.1, 0.15) is 26.3 Å². The Morgan fingerprint density at radius 2 is 1.64 bits per heavy atom. The van der Waals surface area contributed by atoms with Crippen LogP contribution in [0.3, 0.4) is 0 Å². The second kappa shape index (κ2) is 9.57. The lowest BCUT2D eigenvalue weighted by Crippen LogP contribution is -2.28. The van der Waals surface area contributed by atoms with Gasteiger partial charge < -0.3 is 19.5 Å². The van der Waals surface area contributed by atoms with E-state index in [1.165, 1.54) is 0 Å². The van der Waals surface area contributed by atoms with Crippen LogP contribution >= 0.6 is 0 Å². The predicted molar refractivity (Wildman–Crippen MR) is 97.2 cm³/mol. The second-order valence-electron chi connectivity index (χ2n) is 5.76. The molecule has 0 aromatic heterocycles. The van der Waals surface area contributed by atoms with E-state index in [-0.39, 0.29) is 18.6 Å². The van der Waals surface area contributed by atoms with E-state index in [1.54, 1.807) is 6.07 Å². The fraction of sp³-hybridized carbons (Fsp3) is 0.350. The number of hydrogen-bond acceptors (Lipinski definition) is 4. The van der Waals surface area contributed by atoms with Crippen LogP contribution in [0.2, 0.25) is 0 Å². The van der Waals surface area contributed by atoms with Gasteiger partial charge in [-0.2, -0.15) is 0 Å². The first-order valence-electron chi connectivity index (χ1n) is 8.45. The third-order valence-electron chi connectivity index (χ3n) is 3.29. The molecule has 0 heterocycles. The van der Waals surface area contributed by atoms with Crippen LogP contribution < -0.4 is 19.5 Å². The van der Waals surface area contributed by atoms with E-state index in [0.29, 0.717) is 24.7 Å². The standard InChI is InChI=1S/C20H25NO4/c1-4-23-18-7-5-6-8-19(18)24-14-20(22)21-13-16-9-11-17(12-10-16)25-15(2)3/h5-12,15H,4,13-14H2,1-3H3,(H,21,22). The molecule has 1 amide bonds. The van der Waals surface area contributed by atoms with Crippen molar-refractivity contribution in [1.82, 2.24) is 5.32 Å². The molecule has 0 unspecified atom stereocenters. The Balaban J connectivity index is 1.79. The Hall–Kier alpha value is -2.69. The third-order valence-corrected chi connectivity index (χ3v) is 3.29. The highest BCUT2D eigenvalue weighted by molar-refractivity contribution is 5.77. The van der Waals surface area contributed by atoms with Gasteiger partial charge in [0.05, 0.1) is 12.7 Å². The number of rotatable bonds is 9. The summed E-state index contributed by atoms with van der Waals surface area (Å²) in [4.78, 5) is 12.0. The maximum atomic E-state index is 12.0. The lowest BCUT2D eigenvalue weighted by molar-refractivity contribution is -0.123. The number of nitrogens with one attached hydrogen (secondary N) is 1. The van der Waals surface area contributed by atoms with Gasteiger partial charge >= 0.3 is 0 Å². The van der Waals surface area contributed by atoms with E-state index in [4.69, 9.17) is 14.2 Å². The maximum Gasteiger partial charge on any atom is 0.258 e. The molecule has 0 fully saturated rings. The molecule has 0 saturated heterocycles. The highest BCUT2D eigenvalue weighted by Gasteiger charge is 2.07. The zero-order chi connectivity index (χ0) is 18.1. The topological polar surface area (TPSA) is 56.8 Å². The van der Waals surface area contributed by atoms with Gasteiger partial charge in [-0.1, -0.05) is 24.3 Å². The van der Waals surface area contributed by atoms with E-state index < -0.39 is 0 Å². The van der Waals surface area contributed by atoms with Crippen molar-refractivity contribution in [1.29, 1.82) is 0 Å². The lowest BCUT2D eigenvalue weighted by Gasteiger charge is -2.12.